The highest BCUT2D eigenvalue weighted by atomic mass is 32.2. The molecule has 0 saturated heterocycles. The van der Waals surface area contributed by atoms with Gasteiger partial charge in [-0.1, -0.05) is 72.4 Å². The van der Waals surface area contributed by atoms with Crippen molar-refractivity contribution in [3.8, 4) is 11.4 Å². The summed E-state index contributed by atoms with van der Waals surface area (Å²) in [7, 11) is 0. The molecule has 0 bridgehead atoms. The van der Waals surface area contributed by atoms with Gasteiger partial charge in [-0.15, -0.1) is 16.8 Å². The smallest absolute Gasteiger partial charge is 0.230 e. The van der Waals surface area contributed by atoms with Gasteiger partial charge in [-0.25, -0.2) is 0 Å². The van der Waals surface area contributed by atoms with Gasteiger partial charge >= 0.3 is 0 Å². The van der Waals surface area contributed by atoms with Crippen molar-refractivity contribution in [2.75, 3.05) is 5.75 Å². The molecule has 0 radical (unpaired) electrons. The molecule has 144 valence electrons. The normalized spacial score (nSPS) is 11.8. The number of allylic oxidation sites excluding steroid dienone is 1. The van der Waals surface area contributed by atoms with Crippen molar-refractivity contribution >= 4 is 17.7 Å². The molecule has 5 nitrogen and oxygen atoms in total. The number of benzene rings is 2. The van der Waals surface area contributed by atoms with Crippen molar-refractivity contribution in [3.63, 3.8) is 0 Å². The van der Waals surface area contributed by atoms with Gasteiger partial charge in [0.25, 0.3) is 0 Å². The highest BCUT2D eigenvalue weighted by molar-refractivity contribution is 7.99. The van der Waals surface area contributed by atoms with E-state index in [0.717, 1.165) is 22.5 Å². The van der Waals surface area contributed by atoms with Crippen LogP contribution in [0.3, 0.4) is 0 Å². The summed E-state index contributed by atoms with van der Waals surface area (Å²) in [6.07, 6.45) is 1.81. The van der Waals surface area contributed by atoms with E-state index in [1.54, 1.807) is 0 Å². The maximum atomic E-state index is 12.4. The molecule has 1 unspecified atom stereocenters. The maximum absolute atomic E-state index is 12.4. The van der Waals surface area contributed by atoms with Crippen molar-refractivity contribution in [3.05, 3.63) is 78.4 Å². The Morgan fingerprint density at radius 1 is 1.18 bits per heavy atom. The van der Waals surface area contributed by atoms with Crippen molar-refractivity contribution in [2.24, 2.45) is 0 Å². The van der Waals surface area contributed by atoms with Crippen LogP contribution in [0.5, 0.6) is 0 Å². The van der Waals surface area contributed by atoms with Crippen LogP contribution in [0.4, 0.5) is 0 Å². The molecular weight excluding hydrogens is 368 g/mol. The van der Waals surface area contributed by atoms with Crippen molar-refractivity contribution in [1.29, 1.82) is 0 Å². The molecule has 3 rings (SSSR count). The number of carbonyl (C=O) groups is 1. The summed E-state index contributed by atoms with van der Waals surface area (Å²) in [5.41, 5.74) is 3.24. The van der Waals surface area contributed by atoms with Crippen LogP contribution in [-0.4, -0.2) is 26.4 Å². The minimum absolute atomic E-state index is 0.0352. The number of hydrogen-bond donors (Lipinski definition) is 1. The third-order valence-electron chi connectivity index (χ3n) is 4.42. The number of thioether (sulfide) groups is 1. The highest BCUT2D eigenvalue weighted by Gasteiger charge is 2.17. The summed E-state index contributed by atoms with van der Waals surface area (Å²) < 4.78 is 1.99. The Kier molecular flexibility index (Phi) is 6.66. The molecule has 1 N–H and O–H groups in total. The van der Waals surface area contributed by atoms with Gasteiger partial charge in [0.1, 0.15) is 0 Å². The van der Waals surface area contributed by atoms with Crippen LogP contribution in [0.25, 0.3) is 11.4 Å². The fraction of sp³-hybridized carbons (Fsp3) is 0.227. The Morgan fingerprint density at radius 2 is 1.89 bits per heavy atom. The first-order valence-electron chi connectivity index (χ1n) is 9.17. The molecule has 0 fully saturated rings. The molecule has 3 aromatic rings. The Morgan fingerprint density at radius 3 is 2.61 bits per heavy atom. The topological polar surface area (TPSA) is 59.8 Å². The zero-order valence-corrected chi connectivity index (χ0v) is 16.9. The molecule has 0 saturated carbocycles. The van der Waals surface area contributed by atoms with Gasteiger partial charge in [0.15, 0.2) is 11.0 Å². The van der Waals surface area contributed by atoms with Crippen molar-refractivity contribution in [2.45, 2.75) is 31.6 Å². The fourth-order valence-corrected chi connectivity index (χ4v) is 3.71. The van der Waals surface area contributed by atoms with Gasteiger partial charge in [0.2, 0.25) is 5.91 Å². The second kappa shape index (κ2) is 9.37. The second-order valence-corrected chi connectivity index (χ2v) is 7.45. The molecule has 6 heteroatoms. The average Bonchev–Trinajstić information content (AvgIpc) is 3.10. The summed E-state index contributed by atoms with van der Waals surface area (Å²) in [6.45, 7) is 8.45. The average molecular weight is 393 g/mol. The first kappa shape index (κ1) is 19.9. The van der Waals surface area contributed by atoms with E-state index in [1.165, 1.54) is 11.8 Å². The molecule has 1 aromatic heterocycles. The monoisotopic (exact) mass is 392 g/mol. The molecule has 0 spiro atoms. The van der Waals surface area contributed by atoms with Crippen molar-refractivity contribution < 1.29 is 4.79 Å². The lowest BCUT2D eigenvalue weighted by Gasteiger charge is -2.14. The van der Waals surface area contributed by atoms with E-state index in [4.69, 9.17) is 0 Å². The third kappa shape index (κ3) is 4.70. The van der Waals surface area contributed by atoms with Gasteiger partial charge in [0, 0.05) is 12.1 Å². The Labute approximate surface area is 169 Å². The van der Waals surface area contributed by atoms with Gasteiger partial charge in [-0.3, -0.25) is 9.36 Å². The van der Waals surface area contributed by atoms with Crippen LogP contribution >= 0.6 is 11.8 Å². The summed E-state index contributed by atoms with van der Waals surface area (Å²) in [5.74, 6) is 1.03. The molecule has 1 atom stereocenters. The van der Waals surface area contributed by atoms with E-state index >= 15 is 0 Å². The molecule has 0 aliphatic carbocycles. The SMILES string of the molecule is C=CCn1c(SCC(=O)NC(C)c2ccccc2)nnc1-c1ccccc1C. The summed E-state index contributed by atoms with van der Waals surface area (Å²) >= 11 is 1.38. The minimum Gasteiger partial charge on any atom is -0.349 e. The Balaban J connectivity index is 1.70. The third-order valence-corrected chi connectivity index (χ3v) is 5.39. The number of hydrogen-bond acceptors (Lipinski definition) is 4. The number of carbonyl (C=O) groups excluding carboxylic acids is 1. The van der Waals surface area contributed by atoms with E-state index in [0.29, 0.717) is 11.7 Å². The van der Waals surface area contributed by atoms with E-state index in [9.17, 15) is 4.79 Å². The molecular formula is C22H24N4OS. The largest absolute Gasteiger partial charge is 0.349 e. The lowest BCUT2D eigenvalue weighted by Crippen LogP contribution is -2.28. The minimum atomic E-state index is -0.0390. The quantitative estimate of drug-likeness (QED) is 0.456. The highest BCUT2D eigenvalue weighted by Crippen LogP contribution is 2.26. The van der Waals surface area contributed by atoms with Crippen LogP contribution < -0.4 is 5.32 Å². The van der Waals surface area contributed by atoms with Crippen LogP contribution in [0.15, 0.2) is 72.4 Å². The van der Waals surface area contributed by atoms with Gasteiger partial charge in [0.05, 0.1) is 11.8 Å². The van der Waals surface area contributed by atoms with Crippen LogP contribution in [0.1, 0.15) is 24.1 Å². The van der Waals surface area contributed by atoms with E-state index in [1.807, 2.05) is 79.1 Å². The van der Waals surface area contributed by atoms with Crippen molar-refractivity contribution in [1.82, 2.24) is 20.1 Å². The lowest BCUT2D eigenvalue weighted by molar-refractivity contribution is -0.119. The second-order valence-electron chi connectivity index (χ2n) is 6.51. The molecule has 2 aromatic carbocycles. The fourth-order valence-electron chi connectivity index (χ4n) is 2.95. The molecule has 28 heavy (non-hydrogen) atoms. The standard InChI is InChI=1S/C22H24N4OS/c1-4-14-26-21(19-13-9-8-10-16(19)2)24-25-22(26)28-15-20(27)23-17(3)18-11-6-5-7-12-18/h4-13,17H,1,14-15H2,2-3H3,(H,23,27). The number of nitrogens with zero attached hydrogens (tertiary/aromatic N) is 3. The predicted molar refractivity (Wildman–Crippen MR) is 114 cm³/mol. The van der Waals surface area contributed by atoms with Gasteiger partial charge in [-0.2, -0.15) is 0 Å². The first-order valence-corrected chi connectivity index (χ1v) is 10.2. The number of aromatic nitrogens is 3. The molecule has 0 aliphatic rings. The lowest BCUT2D eigenvalue weighted by atomic mass is 10.1. The number of amides is 1. The summed E-state index contributed by atoms with van der Waals surface area (Å²) in [6, 6.07) is 17.9. The predicted octanol–water partition coefficient (Wildman–Crippen LogP) is 4.41. The Bertz CT molecular complexity index is 952. The van der Waals surface area contributed by atoms with Crippen LogP contribution in [0.2, 0.25) is 0 Å². The van der Waals surface area contributed by atoms with E-state index < -0.39 is 0 Å². The zero-order valence-electron chi connectivity index (χ0n) is 16.1. The van der Waals surface area contributed by atoms with Gasteiger partial charge < -0.3 is 5.32 Å². The zero-order chi connectivity index (χ0) is 19.9. The van der Waals surface area contributed by atoms with Gasteiger partial charge in [-0.05, 0) is 25.0 Å². The Hall–Kier alpha value is -2.86. The van der Waals surface area contributed by atoms with Crippen LogP contribution in [0, 0.1) is 6.92 Å². The number of aryl methyl sites for hydroxylation is 1. The summed E-state index contributed by atoms with van der Waals surface area (Å²) in [5, 5.41) is 12.4. The first-order chi connectivity index (χ1) is 13.6. The van der Waals surface area contributed by atoms with E-state index in [-0.39, 0.29) is 17.7 Å². The maximum Gasteiger partial charge on any atom is 0.230 e. The molecule has 0 aliphatic heterocycles. The molecule has 1 heterocycles. The van der Waals surface area contributed by atoms with Crippen LogP contribution in [-0.2, 0) is 11.3 Å². The summed E-state index contributed by atoms with van der Waals surface area (Å²) in [4.78, 5) is 12.4. The number of rotatable bonds is 8. The van der Waals surface area contributed by atoms with E-state index in [2.05, 4.69) is 22.1 Å². The number of nitrogens with one attached hydrogen (secondary N) is 1. The molecule has 1 amide bonds.